The van der Waals surface area contributed by atoms with Gasteiger partial charge in [0.25, 0.3) is 0 Å². The van der Waals surface area contributed by atoms with E-state index in [1.807, 2.05) is 50.3 Å². The molecule has 0 aliphatic carbocycles. The minimum atomic E-state index is -0.518. The van der Waals surface area contributed by atoms with Crippen LogP contribution in [0.4, 0.5) is 4.39 Å². The zero-order valence-electron chi connectivity index (χ0n) is 19.1. The van der Waals surface area contributed by atoms with Crippen LogP contribution in [0.3, 0.4) is 0 Å². The van der Waals surface area contributed by atoms with E-state index in [9.17, 15) is 14.0 Å². The summed E-state index contributed by atoms with van der Waals surface area (Å²) in [6.07, 6.45) is 6.71. The highest BCUT2D eigenvalue weighted by Crippen LogP contribution is 2.34. The number of carbonyl (C=O) groups excluding carboxylic acids is 2. The molecule has 0 unspecified atom stereocenters. The average Bonchev–Trinajstić information content (AvgIpc) is 2.81. The standard InChI is InChI=1S/C27H32FNO3/c1-4-5-8-26(30)29-17-6-7-24(21-11-15-23(32-3)16-12-21)25(27(31)19(29)2)18-20-9-13-22(28)14-10-20/h6-7,9-16,19,24-25H,4-5,8,17-18H2,1-3H3/b7-6-/t19-,24-,25-/m0/s1. The van der Waals surface area contributed by atoms with Crippen molar-refractivity contribution >= 4 is 11.7 Å². The molecule has 0 saturated heterocycles. The van der Waals surface area contributed by atoms with Crippen molar-refractivity contribution in [3.8, 4) is 5.75 Å². The molecule has 2 aromatic rings. The number of allylic oxidation sites excluding steroid dienone is 1. The van der Waals surface area contributed by atoms with Crippen molar-refractivity contribution in [3.63, 3.8) is 0 Å². The van der Waals surface area contributed by atoms with Gasteiger partial charge < -0.3 is 9.64 Å². The number of halogens is 1. The van der Waals surface area contributed by atoms with Gasteiger partial charge in [-0.25, -0.2) is 4.39 Å². The van der Waals surface area contributed by atoms with Gasteiger partial charge in [-0.15, -0.1) is 0 Å². The van der Waals surface area contributed by atoms with Gasteiger partial charge in [-0.05, 0) is 55.2 Å². The van der Waals surface area contributed by atoms with Gasteiger partial charge in [0, 0.05) is 24.8 Å². The fraction of sp³-hybridized carbons (Fsp3) is 0.407. The molecule has 1 aliphatic rings. The molecule has 1 heterocycles. The van der Waals surface area contributed by atoms with Gasteiger partial charge in [0.1, 0.15) is 11.6 Å². The van der Waals surface area contributed by atoms with Crippen molar-refractivity contribution in [2.24, 2.45) is 5.92 Å². The van der Waals surface area contributed by atoms with Crippen LogP contribution in [0.15, 0.2) is 60.7 Å². The van der Waals surface area contributed by atoms with Gasteiger partial charge in [-0.2, -0.15) is 0 Å². The molecule has 0 bridgehead atoms. The van der Waals surface area contributed by atoms with E-state index >= 15 is 0 Å². The Morgan fingerprint density at radius 2 is 1.81 bits per heavy atom. The van der Waals surface area contributed by atoms with Crippen LogP contribution in [0.5, 0.6) is 5.75 Å². The van der Waals surface area contributed by atoms with Crippen LogP contribution in [0.25, 0.3) is 0 Å². The Hall–Kier alpha value is -2.95. The summed E-state index contributed by atoms with van der Waals surface area (Å²) in [6, 6.07) is 13.5. The van der Waals surface area contributed by atoms with Crippen LogP contribution in [0, 0.1) is 11.7 Å². The lowest BCUT2D eigenvalue weighted by molar-refractivity contribution is -0.140. The van der Waals surface area contributed by atoms with E-state index in [-0.39, 0.29) is 29.3 Å². The summed E-state index contributed by atoms with van der Waals surface area (Å²) in [5.74, 6) is -0.0164. The predicted octanol–water partition coefficient (Wildman–Crippen LogP) is 5.32. The average molecular weight is 438 g/mol. The molecule has 0 spiro atoms. The van der Waals surface area contributed by atoms with E-state index in [1.54, 1.807) is 24.1 Å². The lowest BCUT2D eigenvalue weighted by atomic mass is 9.76. The Morgan fingerprint density at radius 1 is 1.12 bits per heavy atom. The highest BCUT2D eigenvalue weighted by Gasteiger charge is 2.36. The molecule has 32 heavy (non-hydrogen) atoms. The Kier molecular flexibility index (Phi) is 8.20. The van der Waals surface area contributed by atoms with Gasteiger partial charge >= 0.3 is 0 Å². The van der Waals surface area contributed by atoms with E-state index in [0.29, 0.717) is 19.4 Å². The topological polar surface area (TPSA) is 46.6 Å². The van der Waals surface area contributed by atoms with Crippen LogP contribution in [0.2, 0.25) is 0 Å². The smallest absolute Gasteiger partial charge is 0.223 e. The van der Waals surface area contributed by atoms with E-state index in [1.165, 1.54) is 12.1 Å². The quantitative estimate of drug-likeness (QED) is 0.551. The van der Waals surface area contributed by atoms with Crippen LogP contribution < -0.4 is 4.74 Å². The molecule has 1 aliphatic heterocycles. The molecule has 3 rings (SSSR count). The highest BCUT2D eigenvalue weighted by molar-refractivity contribution is 5.91. The molecule has 3 atom stereocenters. The maximum atomic E-state index is 13.7. The van der Waals surface area contributed by atoms with Crippen molar-refractivity contribution in [2.75, 3.05) is 13.7 Å². The highest BCUT2D eigenvalue weighted by atomic mass is 19.1. The first kappa shape index (κ1) is 23.7. The Bertz CT molecular complexity index is 936. The number of carbonyl (C=O) groups is 2. The molecule has 5 heteroatoms. The molecule has 0 fully saturated rings. The Balaban J connectivity index is 1.96. The second-order valence-electron chi connectivity index (χ2n) is 8.39. The number of rotatable bonds is 7. The van der Waals surface area contributed by atoms with Crippen LogP contribution >= 0.6 is 0 Å². The largest absolute Gasteiger partial charge is 0.497 e. The van der Waals surface area contributed by atoms with Gasteiger partial charge in [0.15, 0.2) is 5.78 Å². The van der Waals surface area contributed by atoms with Crippen molar-refractivity contribution in [1.82, 2.24) is 4.90 Å². The third kappa shape index (κ3) is 5.64. The number of amides is 1. The minimum absolute atomic E-state index is 0.0146. The zero-order chi connectivity index (χ0) is 23.1. The lowest BCUT2D eigenvalue weighted by Gasteiger charge is -2.35. The number of methoxy groups -OCH3 is 1. The predicted molar refractivity (Wildman–Crippen MR) is 124 cm³/mol. The van der Waals surface area contributed by atoms with Crippen LogP contribution in [-0.4, -0.2) is 36.3 Å². The number of unbranched alkanes of at least 4 members (excludes halogenated alkanes) is 1. The van der Waals surface area contributed by atoms with Gasteiger partial charge in [-0.1, -0.05) is 49.8 Å². The second kappa shape index (κ2) is 11.1. The van der Waals surface area contributed by atoms with E-state index in [0.717, 1.165) is 29.7 Å². The normalized spacial score (nSPS) is 22.2. The molecule has 4 nitrogen and oxygen atoms in total. The molecular formula is C27H32FNO3. The van der Waals surface area contributed by atoms with Gasteiger partial charge in [0.2, 0.25) is 5.91 Å². The van der Waals surface area contributed by atoms with Crippen molar-refractivity contribution in [1.29, 1.82) is 0 Å². The number of ether oxygens (including phenoxy) is 1. The maximum Gasteiger partial charge on any atom is 0.223 e. The summed E-state index contributed by atoms with van der Waals surface area (Å²) in [5.41, 5.74) is 1.91. The molecule has 0 saturated carbocycles. The molecule has 0 radical (unpaired) electrons. The van der Waals surface area contributed by atoms with Crippen molar-refractivity contribution in [2.45, 2.75) is 51.5 Å². The molecule has 0 aromatic heterocycles. The molecule has 0 N–H and O–H groups in total. The van der Waals surface area contributed by atoms with Gasteiger partial charge in [0.05, 0.1) is 13.2 Å². The van der Waals surface area contributed by atoms with Crippen molar-refractivity contribution < 1.29 is 18.7 Å². The number of benzene rings is 2. The monoisotopic (exact) mass is 437 g/mol. The van der Waals surface area contributed by atoms with E-state index in [4.69, 9.17) is 4.74 Å². The van der Waals surface area contributed by atoms with Gasteiger partial charge in [-0.3, -0.25) is 9.59 Å². The zero-order valence-corrected chi connectivity index (χ0v) is 19.1. The Morgan fingerprint density at radius 3 is 2.44 bits per heavy atom. The maximum absolute atomic E-state index is 13.7. The van der Waals surface area contributed by atoms with E-state index in [2.05, 4.69) is 0 Å². The molecule has 1 amide bonds. The summed E-state index contributed by atoms with van der Waals surface area (Å²) in [6.45, 7) is 4.30. The summed E-state index contributed by atoms with van der Waals surface area (Å²) in [7, 11) is 1.62. The fourth-order valence-corrected chi connectivity index (χ4v) is 4.31. The number of ketones is 1. The van der Waals surface area contributed by atoms with Crippen molar-refractivity contribution in [3.05, 3.63) is 77.6 Å². The van der Waals surface area contributed by atoms with Crippen LogP contribution in [0.1, 0.15) is 50.2 Å². The summed E-state index contributed by atoms with van der Waals surface area (Å²) < 4.78 is 18.7. The first-order valence-electron chi connectivity index (χ1n) is 11.3. The third-order valence-electron chi connectivity index (χ3n) is 6.26. The van der Waals surface area contributed by atoms with E-state index < -0.39 is 6.04 Å². The first-order chi connectivity index (χ1) is 15.4. The number of hydrogen-bond acceptors (Lipinski definition) is 3. The third-order valence-corrected chi connectivity index (χ3v) is 6.26. The summed E-state index contributed by atoms with van der Waals surface area (Å²) in [5, 5.41) is 0. The SMILES string of the molecule is CCCCC(=O)N1C/C=C\[C@@H](c2ccc(OC)cc2)[C@H](Cc2ccc(F)cc2)C(=O)[C@@H]1C. The lowest BCUT2D eigenvalue weighted by Crippen LogP contribution is -2.47. The molecule has 2 aromatic carbocycles. The summed E-state index contributed by atoms with van der Waals surface area (Å²) >= 11 is 0. The minimum Gasteiger partial charge on any atom is -0.497 e. The number of nitrogens with zero attached hydrogens (tertiary/aromatic N) is 1. The summed E-state index contributed by atoms with van der Waals surface area (Å²) in [4.78, 5) is 28.2. The number of hydrogen-bond donors (Lipinski definition) is 0. The molecule has 170 valence electrons. The second-order valence-corrected chi connectivity index (χ2v) is 8.39. The first-order valence-corrected chi connectivity index (χ1v) is 11.3. The van der Waals surface area contributed by atoms with Crippen LogP contribution in [-0.2, 0) is 16.0 Å². The fourth-order valence-electron chi connectivity index (χ4n) is 4.31. The molecular weight excluding hydrogens is 405 g/mol. The Labute approximate surface area is 190 Å². The number of Topliss-reactive ketones (excluding diaryl/α,β-unsaturated/α-hetero) is 1.